The van der Waals surface area contributed by atoms with Gasteiger partial charge in [0.25, 0.3) is 0 Å². The Morgan fingerprint density at radius 3 is 2.43 bits per heavy atom. The van der Waals surface area contributed by atoms with E-state index < -0.39 is 15.8 Å². The largest absolute Gasteiger partial charge is 0.299 e. The molecule has 4 nitrogen and oxygen atoms in total. The number of hydrogen-bond donors (Lipinski definition) is 0. The highest BCUT2D eigenvalue weighted by Gasteiger charge is 2.41. The molecule has 2 heterocycles. The fraction of sp³-hybridized carbons (Fsp3) is 0.455. The monoisotopic (exact) mass is 402 g/mol. The van der Waals surface area contributed by atoms with Crippen LogP contribution in [0.3, 0.4) is 0 Å². The van der Waals surface area contributed by atoms with E-state index in [2.05, 4.69) is 29.2 Å². The summed E-state index contributed by atoms with van der Waals surface area (Å²) in [6.07, 6.45) is 3.80. The first-order valence-corrected chi connectivity index (χ1v) is 11.5. The summed E-state index contributed by atoms with van der Waals surface area (Å²) in [4.78, 5) is 2.23. The summed E-state index contributed by atoms with van der Waals surface area (Å²) >= 11 is 0. The molecule has 0 amide bonds. The van der Waals surface area contributed by atoms with E-state index in [4.69, 9.17) is 0 Å². The van der Waals surface area contributed by atoms with Crippen LogP contribution in [0.4, 0.5) is 4.39 Å². The number of nitrogens with zero attached hydrogens (tertiary/aromatic N) is 2. The van der Waals surface area contributed by atoms with Gasteiger partial charge in [-0.3, -0.25) is 4.90 Å². The molecule has 2 fully saturated rings. The maximum Gasteiger partial charge on any atom is 0.246 e. The summed E-state index contributed by atoms with van der Waals surface area (Å²) in [5, 5.41) is 0. The maximum atomic E-state index is 14.2. The zero-order valence-electron chi connectivity index (χ0n) is 16.0. The van der Waals surface area contributed by atoms with Crippen LogP contribution in [-0.2, 0) is 16.6 Å². The highest BCUT2D eigenvalue weighted by atomic mass is 32.2. The number of piperidine rings is 1. The lowest BCUT2D eigenvalue weighted by atomic mass is 9.89. The van der Waals surface area contributed by atoms with E-state index in [9.17, 15) is 12.8 Å². The number of halogens is 1. The molecule has 0 unspecified atom stereocenters. The van der Waals surface area contributed by atoms with Crippen LogP contribution in [0.25, 0.3) is 0 Å². The van der Waals surface area contributed by atoms with Gasteiger partial charge in [0, 0.05) is 25.7 Å². The first-order chi connectivity index (χ1) is 13.6. The van der Waals surface area contributed by atoms with E-state index in [1.54, 1.807) is 10.4 Å². The molecule has 150 valence electrons. The molecule has 0 aliphatic carbocycles. The summed E-state index contributed by atoms with van der Waals surface area (Å²) in [7, 11) is -3.80. The molecule has 0 bridgehead atoms. The van der Waals surface area contributed by atoms with Gasteiger partial charge in [0.2, 0.25) is 10.0 Å². The molecule has 0 aromatic heterocycles. The Morgan fingerprint density at radius 1 is 0.929 bits per heavy atom. The number of benzene rings is 2. The fourth-order valence-corrected chi connectivity index (χ4v) is 6.53. The van der Waals surface area contributed by atoms with Crippen molar-refractivity contribution in [2.24, 2.45) is 5.92 Å². The van der Waals surface area contributed by atoms with Crippen LogP contribution in [0, 0.1) is 11.7 Å². The smallest absolute Gasteiger partial charge is 0.246 e. The number of likely N-dealkylation sites (tertiary alicyclic amines) is 1. The molecule has 2 aromatic rings. The summed E-state index contributed by atoms with van der Waals surface area (Å²) in [5.41, 5.74) is 1.28. The average molecular weight is 403 g/mol. The SMILES string of the molecule is O=S(=O)(c1ccccc1F)N1CCC[C@@H]1[C@H]1CCCN(Cc2ccccc2)C1. The van der Waals surface area contributed by atoms with Crippen molar-refractivity contribution in [3.63, 3.8) is 0 Å². The molecule has 0 saturated carbocycles. The third-order valence-electron chi connectivity index (χ3n) is 6.01. The highest BCUT2D eigenvalue weighted by molar-refractivity contribution is 7.89. The van der Waals surface area contributed by atoms with E-state index in [1.807, 2.05) is 6.07 Å². The first kappa shape index (κ1) is 19.6. The Hall–Kier alpha value is -1.76. The predicted molar refractivity (Wildman–Crippen MR) is 108 cm³/mol. The molecule has 2 saturated heterocycles. The van der Waals surface area contributed by atoms with Crippen LogP contribution in [0.5, 0.6) is 0 Å². The minimum Gasteiger partial charge on any atom is -0.299 e. The molecule has 28 heavy (non-hydrogen) atoms. The van der Waals surface area contributed by atoms with Gasteiger partial charge in [0.15, 0.2) is 0 Å². The number of hydrogen-bond acceptors (Lipinski definition) is 3. The lowest BCUT2D eigenvalue weighted by Crippen LogP contribution is -2.46. The van der Waals surface area contributed by atoms with Crippen LogP contribution in [0.1, 0.15) is 31.2 Å². The summed E-state index contributed by atoms with van der Waals surface area (Å²) in [6.45, 7) is 3.31. The third-order valence-corrected chi connectivity index (χ3v) is 7.96. The molecular formula is C22H27FN2O2S. The fourth-order valence-electron chi connectivity index (χ4n) is 4.71. The molecular weight excluding hydrogens is 375 g/mol. The highest BCUT2D eigenvalue weighted by Crippen LogP contribution is 2.35. The molecule has 2 aliphatic rings. The standard InChI is InChI=1S/C22H27FN2O2S/c23-20-11-4-5-13-22(20)28(26,27)25-15-7-12-21(25)19-10-6-14-24(17-19)16-18-8-2-1-3-9-18/h1-5,8-9,11,13,19,21H,6-7,10,12,14-17H2/t19-,21+/m0/s1. The van der Waals surface area contributed by atoms with Crippen LogP contribution in [0.15, 0.2) is 59.5 Å². The van der Waals surface area contributed by atoms with Crippen molar-refractivity contribution in [3.05, 3.63) is 66.0 Å². The molecule has 0 N–H and O–H groups in total. The minimum absolute atomic E-state index is 0.0387. The summed E-state index contributed by atoms with van der Waals surface area (Å²) in [6, 6.07) is 16.1. The van der Waals surface area contributed by atoms with Gasteiger partial charge >= 0.3 is 0 Å². The van der Waals surface area contributed by atoms with Crippen LogP contribution in [0.2, 0.25) is 0 Å². The van der Waals surface area contributed by atoms with Gasteiger partial charge in [0.05, 0.1) is 0 Å². The Bertz CT molecular complexity index is 904. The lowest BCUT2D eigenvalue weighted by molar-refractivity contribution is 0.125. The van der Waals surface area contributed by atoms with Crippen molar-refractivity contribution in [3.8, 4) is 0 Å². The van der Waals surface area contributed by atoms with Crippen LogP contribution in [-0.4, -0.2) is 43.3 Å². The predicted octanol–water partition coefficient (Wildman–Crippen LogP) is 3.89. The third kappa shape index (κ3) is 4.00. The van der Waals surface area contributed by atoms with E-state index >= 15 is 0 Å². The second-order valence-electron chi connectivity index (χ2n) is 7.88. The first-order valence-electron chi connectivity index (χ1n) is 10.1. The normalized spacial score (nSPS) is 24.5. The Kier molecular flexibility index (Phi) is 5.80. The van der Waals surface area contributed by atoms with E-state index in [-0.39, 0.29) is 10.9 Å². The van der Waals surface area contributed by atoms with E-state index in [0.29, 0.717) is 12.5 Å². The molecule has 2 aromatic carbocycles. The van der Waals surface area contributed by atoms with Crippen molar-refractivity contribution in [2.75, 3.05) is 19.6 Å². The topological polar surface area (TPSA) is 40.6 Å². The summed E-state index contributed by atoms with van der Waals surface area (Å²) in [5.74, 6) is -0.371. The Labute approximate surface area is 167 Å². The number of sulfonamides is 1. The zero-order valence-corrected chi connectivity index (χ0v) is 16.8. The lowest BCUT2D eigenvalue weighted by Gasteiger charge is -2.38. The van der Waals surface area contributed by atoms with Gasteiger partial charge in [-0.15, -0.1) is 0 Å². The Morgan fingerprint density at radius 2 is 1.64 bits per heavy atom. The number of rotatable bonds is 5. The van der Waals surface area contributed by atoms with Gasteiger partial charge in [-0.25, -0.2) is 12.8 Å². The van der Waals surface area contributed by atoms with Crippen molar-refractivity contribution >= 4 is 10.0 Å². The molecule has 0 radical (unpaired) electrons. The molecule has 6 heteroatoms. The van der Waals surface area contributed by atoms with Gasteiger partial charge in [-0.2, -0.15) is 4.31 Å². The van der Waals surface area contributed by atoms with Crippen LogP contribution < -0.4 is 0 Å². The van der Waals surface area contributed by atoms with Crippen molar-refractivity contribution < 1.29 is 12.8 Å². The second kappa shape index (κ2) is 8.31. The van der Waals surface area contributed by atoms with Gasteiger partial charge in [-0.1, -0.05) is 42.5 Å². The van der Waals surface area contributed by atoms with Gasteiger partial charge in [-0.05, 0) is 55.8 Å². The maximum absolute atomic E-state index is 14.2. The quantitative estimate of drug-likeness (QED) is 0.762. The van der Waals surface area contributed by atoms with E-state index in [0.717, 1.165) is 45.3 Å². The van der Waals surface area contributed by atoms with E-state index in [1.165, 1.54) is 23.8 Å². The summed E-state index contributed by atoms with van der Waals surface area (Å²) < 4.78 is 42.1. The van der Waals surface area contributed by atoms with Crippen molar-refractivity contribution in [2.45, 2.75) is 43.2 Å². The zero-order chi connectivity index (χ0) is 19.6. The Balaban J connectivity index is 1.51. The minimum atomic E-state index is -3.80. The molecule has 2 aliphatic heterocycles. The molecule has 2 atom stereocenters. The van der Waals surface area contributed by atoms with Gasteiger partial charge < -0.3 is 0 Å². The molecule has 4 rings (SSSR count). The average Bonchev–Trinajstić information content (AvgIpc) is 3.20. The van der Waals surface area contributed by atoms with Crippen molar-refractivity contribution in [1.82, 2.24) is 9.21 Å². The van der Waals surface area contributed by atoms with Crippen molar-refractivity contribution in [1.29, 1.82) is 0 Å². The second-order valence-corrected chi connectivity index (χ2v) is 9.74. The van der Waals surface area contributed by atoms with Crippen LogP contribution >= 0.6 is 0 Å². The molecule has 0 spiro atoms. The van der Waals surface area contributed by atoms with Gasteiger partial charge in [0.1, 0.15) is 10.7 Å².